The van der Waals surface area contributed by atoms with Crippen LogP contribution in [-0.2, 0) is 82.1 Å². The van der Waals surface area contributed by atoms with Gasteiger partial charge in [0.25, 0.3) is 0 Å². The van der Waals surface area contributed by atoms with E-state index in [0.717, 1.165) is 69.0 Å². The normalized spacial score (nSPS) is 33.6. The summed E-state index contributed by atoms with van der Waals surface area (Å²) in [5, 5.41) is 108. The molecule has 4 aromatic rings. The van der Waals surface area contributed by atoms with Gasteiger partial charge in [-0.2, -0.15) is 8.62 Å². The first-order valence-corrected chi connectivity index (χ1v) is 36.0. The first-order valence-electron chi connectivity index (χ1n) is 26.9. The van der Waals surface area contributed by atoms with Crippen molar-refractivity contribution < 1.29 is 162 Å². The molecule has 0 aliphatic carbocycles. The number of nitrogens with two attached hydrogens (primary N) is 2. The van der Waals surface area contributed by atoms with Gasteiger partial charge in [0, 0.05) is 36.6 Å². The maximum Gasteiger partial charge on any atom is 0.481 e. The largest absolute Gasteiger partial charge is 0.859 e. The molecule has 0 amide bonds. The van der Waals surface area contributed by atoms with Crippen molar-refractivity contribution in [3.8, 4) is 0 Å². The number of allylic oxidation sites excluding steroid dienone is 2. The summed E-state index contributed by atoms with van der Waals surface area (Å²) in [6.07, 6.45) is -19.2. The number of nitrogens with one attached hydrogen (secondary N) is 2. The van der Waals surface area contributed by atoms with Gasteiger partial charge in [-0.25, -0.2) is 57.3 Å². The molecule has 10 rings (SSSR count). The summed E-state index contributed by atoms with van der Waals surface area (Å²) >= 11 is 0. The number of nitrogen functional groups attached to an aromatic ring is 2. The van der Waals surface area contributed by atoms with Crippen LogP contribution in [0.2, 0.25) is 0 Å². The second-order valence-corrected chi connectivity index (χ2v) is 29.6. The van der Waals surface area contributed by atoms with Gasteiger partial charge in [-0.1, -0.05) is 12.2 Å². The lowest BCUT2D eigenvalue weighted by Crippen LogP contribution is -2.43. The first kappa shape index (κ1) is 73.3. The number of hydrogen-bond donors (Lipinski definition) is 18. The van der Waals surface area contributed by atoms with E-state index in [9.17, 15) is 107 Å². The molecule has 6 aliphatic heterocycles. The SMILES string of the molecule is N=C([O-])C1=CN([C@@H]2O[C@H](COP(=O)(O)OP(=O)(O)OC[C@H]3O[C@@H](n4cnc5c(N)ncnc54)[C@H](OP(=O)(O)O)[C@@H]3O)[C@@H](O)[C@H]2O)C=CC1C1C=CN([C@@H]2O[C@H](COP(=O)(O)OP(=O)(O)OC[C@H]3O[C@@H](n4cnc5c(N)ncnc54)[C@H](OP(=O)(O)O)[C@@H]3O)[C@@H](O)[C@H]2O)C=C1C(=N)[O-]. The van der Waals surface area contributed by atoms with Crippen molar-refractivity contribution in [3.05, 3.63) is 73.4 Å². The molecule has 54 heteroatoms. The molecular formula is C42H56N14O34P6-2. The van der Waals surface area contributed by atoms with Gasteiger partial charge in [0.05, 0.1) is 39.1 Å². The molecule has 0 aromatic carbocycles. The topological polar surface area (TPSA) is 736 Å². The minimum atomic E-state index is -5.75. The number of aliphatic hydroxyl groups excluding tert-OH is 6. The third-order valence-corrected chi connectivity index (χ3v) is 21.1. The zero-order chi connectivity index (χ0) is 70.1. The molecule has 0 spiro atoms. The predicted octanol–water partition coefficient (Wildman–Crippen LogP) is -5.97. The van der Waals surface area contributed by atoms with Gasteiger partial charge in [0.1, 0.15) is 96.9 Å². The standard InChI is InChI=1S/C42H58N14O34P6/c43-33-23-37(49-11-47-33)55(13-51-23)41-31(87-91(65,66)67)27(59)21(85-41)9-81-95(75,76)89-93(71,72)79-7-19-25(57)29(61)39(83-19)53-3-1-15(17(5-53)35(45)63)16-2-4-54(6-18(16)36(46)64)40-30(62)26(58)20(84-40)8-80-94(73,74)90-96(77,78)82-10-22-28(60)32(88-92(68,69)70)42(86-22)56-14-52-24-34(44)48-12-50-38(24)56/h1-6,11-16,19-22,25-32,39-42,57-62H,7-10H2,(H2,45,63)(H2,46,64)(H,71,72)(H,73,74)(H,75,76)(H,77,78)(H2,43,47,49)(H2,44,48,50)(H2,65,66,67)(H2,68,69,70)/p-2/t15?,16?,19-,20-,21-,22-,25-,26-,27-,28-,29-,30-,31-,32-,39-,40-,41-,42-/m1/s1. The Hall–Kier alpha value is -5.46. The van der Waals surface area contributed by atoms with Crippen LogP contribution in [0, 0.1) is 22.7 Å². The van der Waals surface area contributed by atoms with Crippen molar-refractivity contribution in [1.29, 1.82) is 10.8 Å². The van der Waals surface area contributed by atoms with E-state index in [2.05, 4.69) is 38.5 Å². The van der Waals surface area contributed by atoms with E-state index < -0.39 is 206 Å². The number of anilines is 2. The number of hydrogen-bond acceptors (Lipinski definition) is 38. The fraction of sp³-hybridized carbons (Fsp3) is 0.524. The van der Waals surface area contributed by atoms with Crippen LogP contribution in [0.4, 0.5) is 11.6 Å². The lowest BCUT2D eigenvalue weighted by Gasteiger charge is -2.39. The molecule has 4 saturated heterocycles. The van der Waals surface area contributed by atoms with Crippen LogP contribution in [0.25, 0.3) is 22.3 Å². The van der Waals surface area contributed by atoms with E-state index >= 15 is 0 Å². The predicted molar refractivity (Wildman–Crippen MR) is 300 cm³/mol. The zero-order valence-corrected chi connectivity index (χ0v) is 53.1. The quantitative estimate of drug-likeness (QED) is 0.0150. The number of nitrogens with zero attached hydrogens (tertiary/aromatic N) is 10. The Bertz CT molecular complexity index is 3790. The third kappa shape index (κ3) is 16.2. The van der Waals surface area contributed by atoms with Gasteiger partial charge in [-0.3, -0.25) is 36.3 Å². The van der Waals surface area contributed by atoms with Crippen LogP contribution in [0.15, 0.2) is 73.4 Å². The van der Waals surface area contributed by atoms with Crippen LogP contribution in [0.5, 0.6) is 0 Å². The molecule has 6 aliphatic rings. The Morgan fingerprint density at radius 1 is 0.479 bits per heavy atom. The summed E-state index contributed by atoms with van der Waals surface area (Å²) in [5.74, 6) is -5.63. The van der Waals surface area contributed by atoms with E-state index in [0.29, 0.717) is 0 Å². The number of phosphoric acid groups is 6. The first-order chi connectivity index (χ1) is 44.7. The monoisotopic (exact) mass is 1490 g/mol. The Morgan fingerprint density at radius 2 is 0.792 bits per heavy atom. The number of imidazole rings is 2. The van der Waals surface area contributed by atoms with Gasteiger partial charge >= 0.3 is 46.9 Å². The van der Waals surface area contributed by atoms with Gasteiger partial charge in [-0.05, 0) is 22.9 Å². The van der Waals surface area contributed by atoms with Crippen molar-refractivity contribution in [2.45, 2.75) is 98.2 Å². The molecule has 530 valence electrons. The number of aliphatic hydroxyl groups is 6. The Labute approximate surface area is 534 Å². The average Bonchev–Trinajstić information content (AvgIpc) is 1.57. The molecule has 48 nitrogen and oxygen atoms in total. The number of aromatic nitrogens is 8. The van der Waals surface area contributed by atoms with Crippen molar-refractivity contribution in [2.75, 3.05) is 37.9 Å². The Morgan fingerprint density at radius 3 is 1.10 bits per heavy atom. The van der Waals surface area contributed by atoms with Crippen LogP contribution in [0.3, 0.4) is 0 Å². The summed E-state index contributed by atoms with van der Waals surface area (Å²) in [5.41, 5.74) is 10.5. The molecular weight excluding hydrogens is 1430 g/mol. The van der Waals surface area contributed by atoms with Crippen molar-refractivity contribution in [2.24, 2.45) is 11.8 Å². The highest BCUT2D eigenvalue weighted by Crippen LogP contribution is 2.62. The third-order valence-electron chi connectivity index (χ3n) is 14.9. The average molecular weight is 1490 g/mol. The minimum Gasteiger partial charge on any atom is -0.859 e. The summed E-state index contributed by atoms with van der Waals surface area (Å²) in [4.78, 5) is 105. The second kappa shape index (κ2) is 27.9. The summed E-state index contributed by atoms with van der Waals surface area (Å²) < 4.78 is 137. The molecule has 10 heterocycles. The highest BCUT2D eigenvalue weighted by atomic mass is 31.3. The molecule has 6 unspecified atom stereocenters. The maximum absolute atomic E-state index is 13.0. The summed E-state index contributed by atoms with van der Waals surface area (Å²) in [7, 11) is -33.8. The van der Waals surface area contributed by atoms with Gasteiger partial charge in [0.2, 0.25) is 0 Å². The zero-order valence-electron chi connectivity index (χ0n) is 47.7. The van der Waals surface area contributed by atoms with Crippen molar-refractivity contribution in [1.82, 2.24) is 48.8 Å². The van der Waals surface area contributed by atoms with Gasteiger partial charge < -0.3 is 131 Å². The lowest BCUT2D eigenvalue weighted by atomic mass is 9.79. The number of phosphoric ester groups is 6. The highest BCUT2D eigenvalue weighted by Gasteiger charge is 2.54. The van der Waals surface area contributed by atoms with E-state index in [1.165, 1.54) is 12.2 Å². The maximum atomic E-state index is 13.0. The van der Waals surface area contributed by atoms with E-state index in [1.54, 1.807) is 0 Å². The number of rotatable bonds is 27. The fourth-order valence-corrected chi connectivity index (χ4v) is 15.9. The van der Waals surface area contributed by atoms with Crippen molar-refractivity contribution in [3.63, 3.8) is 0 Å². The molecule has 20 N–H and O–H groups in total. The van der Waals surface area contributed by atoms with Crippen LogP contribution in [-0.4, -0.2) is 243 Å². The van der Waals surface area contributed by atoms with E-state index in [-0.39, 0.29) is 34.0 Å². The number of fused-ring (bicyclic) bond motifs is 2. The summed E-state index contributed by atoms with van der Waals surface area (Å²) in [6.45, 7) is -4.77. The van der Waals surface area contributed by atoms with Gasteiger partial charge in [0.15, 0.2) is 47.8 Å². The van der Waals surface area contributed by atoms with E-state index in [1.807, 2.05) is 0 Å². The molecule has 0 saturated carbocycles. The molecule has 0 bridgehead atoms. The van der Waals surface area contributed by atoms with Crippen molar-refractivity contribution >= 4 is 92.7 Å². The Balaban J connectivity index is 0.715. The lowest BCUT2D eigenvalue weighted by molar-refractivity contribution is -0.217. The minimum absolute atomic E-state index is 0.00595. The van der Waals surface area contributed by atoms with E-state index in [4.69, 9.17) is 68.4 Å². The molecule has 4 aromatic heterocycles. The molecule has 22 atom stereocenters. The molecule has 96 heavy (non-hydrogen) atoms. The second-order valence-electron chi connectivity index (χ2n) is 21.2. The van der Waals surface area contributed by atoms with Crippen LogP contribution in [0.1, 0.15) is 12.5 Å². The number of ether oxygens (including phenoxy) is 4. The molecule has 0 radical (unpaired) electrons. The smallest absolute Gasteiger partial charge is 0.481 e. The van der Waals surface area contributed by atoms with Gasteiger partial charge in [-0.15, -0.1) is 0 Å². The van der Waals surface area contributed by atoms with Crippen LogP contribution >= 0.6 is 46.9 Å². The summed E-state index contributed by atoms with van der Waals surface area (Å²) in [6, 6.07) is 0. The Kier molecular flexibility index (Phi) is 21.3. The van der Waals surface area contributed by atoms with Crippen LogP contribution < -0.4 is 21.7 Å². The molecule has 4 fully saturated rings. The highest BCUT2D eigenvalue weighted by molar-refractivity contribution is 7.61. The fourth-order valence-electron chi connectivity index (χ4n) is 10.6.